The van der Waals surface area contributed by atoms with E-state index in [1.54, 1.807) is 51.1 Å². The Morgan fingerprint density at radius 3 is 2.29 bits per heavy atom. The molecule has 4 aliphatic rings. The van der Waals surface area contributed by atoms with Crippen molar-refractivity contribution >= 4 is 29.8 Å². The molecule has 3 heterocycles. The lowest BCUT2D eigenvalue weighted by molar-refractivity contribution is -0.213. The quantitative estimate of drug-likeness (QED) is 0.0650. The second kappa shape index (κ2) is 19.3. The topological polar surface area (TPSA) is 191 Å². The molecule has 15 heteroatoms. The van der Waals surface area contributed by atoms with Gasteiger partial charge < -0.3 is 44.5 Å². The van der Waals surface area contributed by atoms with Crippen molar-refractivity contribution in [1.29, 1.82) is 0 Å². The van der Waals surface area contributed by atoms with E-state index in [2.05, 4.69) is 10.6 Å². The number of aliphatic hydroxyl groups is 2. The van der Waals surface area contributed by atoms with Crippen LogP contribution < -0.4 is 10.6 Å². The van der Waals surface area contributed by atoms with Crippen LogP contribution in [-0.4, -0.2) is 101 Å². The van der Waals surface area contributed by atoms with Crippen molar-refractivity contribution in [3.8, 4) is 0 Å². The van der Waals surface area contributed by atoms with Crippen LogP contribution in [-0.2, 0) is 61.8 Å². The summed E-state index contributed by atoms with van der Waals surface area (Å²) in [5.74, 6) is -3.42. The molecule has 1 aliphatic carbocycles. The summed E-state index contributed by atoms with van der Waals surface area (Å²) in [6, 6.07) is 31.3. The summed E-state index contributed by atoms with van der Waals surface area (Å²) in [4.78, 5) is 62.2. The Morgan fingerprint density at radius 1 is 0.908 bits per heavy atom. The van der Waals surface area contributed by atoms with E-state index in [1.807, 2.05) is 84.9 Å². The molecule has 7 unspecified atom stereocenters. The first-order valence-electron chi connectivity index (χ1n) is 21.9. The fourth-order valence-electron chi connectivity index (χ4n) is 9.27. The molecular formula is C50H55N3O12. The molecule has 8 rings (SSSR count). The van der Waals surface area contributed by atoms with E-state index in [0.717, 1.165) is 11.1 Å². The molecule has 2 amide bonds. The number of nitrogens with zero attached hydrogens (tertiary/aromatic N) is 1. The fraction of sp³-hybridized carbons (Fsp3) is 0.400. The molecule has 0 spiro atoms. The van der Waals surface area contributed by atoms with Crippen LogP contribution in [0.1, 0.15) is 78.2 Å². The van der Waals surface area contributed by atoms with E-state index in [1.165, 1.54) is 11.3 Å². The van der Waals surface area contributed by atoms with E-state index < -0.39 is 77.1 Å². The number of ether oxygens (including phenoxy) is 5. The van der Waals surface area contributed by atoms with E-state index in [4.69, 9.17) is 28.5 Å². The number of carbonyl (C=O) groups is 4. The van der Waals surface area contributed by atoms with Gasteiger partial charge in [-0.15, -0.1) is 0 Å². The monoisotopic (exact) mass is 889 g/mol. The maximum Gasteiger partial charge on any atom is 0.327 e. The van der Waals surface area contributed by atoms with Gasteiger partial charge in [-0.1, -0.05) is 97.1 Å². The van der Waals surface area contributed by atoms with E-state index in [-0.39, 0.29) is 57.7 Å². The highest BCUT2D eigenvalue weighted by Gasteiger charge is 2.76. The number of hydroxylamine groups is 2. The van der Waals surface area contributed by atoms with Crippen LogP contribution >= 0.6 is 0 Å². The smallest absolute Gasteiger partial charge is 0.327 e. The average molecular weight is 890 g/mol. The van der Waals surface area contributed by atoms with Crippen LogP contribution in [0, 0.1) is 5.41 Å². The third kappa shape index (κ3) is 9.44. The standard InChI is InChI=1S/C50H55N3O12/c1-48(2,3)62-40(56)22-21-38(31-55)52-45(57)34-16-12-13-32(27-34)29-51-47(59)49-28-39-41-42(64-50(63-41,36-17-6-4-7-18-36)37-19-8-5-9-20-37)44(49)65-53(43(49)46(58)61-39)30-35-15-11-10-14-33(35)23-25-60-26-24-54/h4-20,23,25,27,38-39,41-44,54-55H,21-22,24,26,28-31H2,1-3H3,(H,51,59)(H,52,57). The van der Waals surface area contributed by atoms with Gasteiger partial charge in [0.25, 0.3) is 5.91 Å². The van der Waals surface area contributed by atoms with E-state index >= 15 is 4.79 Å². The molecule has 1 saturated carbocycles. The molecule has 0 aromatic heterocycles. The highest BCUT2D eigenvalue weighted by atomic mass is 16.8. The SMILES string of the molecule is CC(C)(C)OC(=O)CCC(CO)NC(=O)c1cccc(CNC(=O)C23CC4OC(=O)C2N(Cc2ccccc2C=COCCO)OC3C2OC(c3ccccc3)(c3ccccc3)OC42)c1. The third-order valence-corrected chi connectivity index (χ3v) is 12.1. The molecule has 3 aliphatic heterocycles. The first kappa shape index (κ1) is 45.6. The minimum Gasteiger partial charge on any atom is -0.499 e. The van der Waals surface area contributed by atoms with Gasteiger partial charge in [-0.2, -0.15) is 5.06 Å². The summed E-state index contributed by atoms with van der Waals surface area (Å²) in [7, 11) is 0. The van der Waals surface area contributed by atoms with Crippen molar-refractivity contribution in [2.75, 3.05) is 19.8 Å². The number of amides is 2. The van der Waals surface area contributed by atoms with Gasteiger partial charge in [0.05, 0.1) is 32.1 Å². The number of esters is 2. The zero-order chi connectivity index (χ0) is 45.8. The molecule has 15 nitrogen and oxygen atoms in total. The minimum absolute atomic E-state index is 0.00613. The zero-order valence-corrected chi connectivity index (χ0v) is 36.6. The van der Waals surface area contributed by atoms with E-state index in [0.29, 0.717) is 16.7 Å². The Kier molecular flexibility index (Phi) is 13.5. The van der Waals surface area contributed by atoms with Gasteiger partial charge in [-0.3, -0.25) is 24.0 Å². The van der Waals surface area contributed by atoms with Gasteiger partial charge in [0, 0.05) is 36.1 Å². The number of rotatable bonds is 17. The first-order valence-corrected chi connectivity index (χ1v) is 21.9. The largest absolute Gasteiger partial charge is 0.499 e. The summed E-state index contributed by atoms with van der Waals surface area (Å²) < 4.78 is 31.1. The summed E-state index contributed by atoms with van der Waals surface area (Å²) in [6.07, 6.45) is -0.0739. The van der Waals surface area contributed by atoms with Gasteiger partial charge in [0.15, 0.2) is 6.04 Å². The number of carbonyl (C=O) groups excluding carboxylic acids is 4. The second-order valence-corrected chi connectivity index (χ2v) is 17.7. The van der Waals surface area contributed by atoms with Crippen molar-refractivity contribution in [2.45, 2.75) is 101 Å². The van der Waals surface area contributed by atoms with Gasteiger partial charge in [0.1, 0.15) is 42.0 Å². The van der Waals surface area contributed by atoms with E-state index in [9.17, 15) is 24.6 Å². The number of nitrogens with one attached hydrogen (secondary N) is 2. The van der Waals surface area contributed by atoms with Gasteiger partial charge in [0.2, 0.25) is 11.7 Å². The van der Waals surface area contributed by atoms with Crippen molar-refractivity contribution in [3.63, 3.8) is 0 Å². The molecule has 4 aromatic carbocycles. The fourth-order valence-corrected chi connectivity index (χ4v) is 9.27. The molecule has 4 aromatic rings. The van der Waals surface area contributed by atoms with Crippen molar-refractivity contribution in [2.24, 2.45) is 5.41 Å². The molecule has 3 saturated heterocycles. The van der Waals surface area contributed by atoms with Crippen molar-refractivity contribution < 1.29 is 57.9 Å². The zero-order valence-electron chi connectivity index (χ0n) is 36.6. The number of benzene rings is 4. The molecule has 4 N–H and O–H groups in total. The number of aliphatic hydroxyl groups excluding tert-OH is 2. The second-order valence-electron chi connectivity index (χ2n) is 17.7. The summed E-state index contributed by atoms with van der Waals surface area (Å²) in [5.41, 5.74) is 1.68. The molecule has 2 bridgehead atoms. The Hall–Kier alpha value is -5.94. The van der Waals surface area contributed by atoms with Gasteiger partial charge in [-0.25, -0.2) is 0 Å². The maximum atomic E-state index is 15.2. The van der Waals surface area contributed by atoms with Crippen LogP contribution in [0.5, 0.6) is 0 Å². The van der Waals surface area contributed by atoms with Gasteiger partial charge >= 0.3 is 11.9 Å². The summed E-state index contributed by atoms with van der Waals surface area (Å²) >= 11 is 0. The Labute approximate surface area is 377 Å². The Balaban J connectivity index is 1.08. The molecule has 342 valence electrons. The Bertz CT molecular complexity index is 2330. The van der Waals surface area contributed by atoms with Crippen LogP contribution in [0.2, 0.25) is 0 Å². The number of fused-ring (bicyclic) bond motifs is 4. The number of hydrogen-bond acceptors (Lipinski definition) is 13. The molecular weight excluding hydrogens is 835 g/mol. The molecule has 0 radical (unpaired) electrons. The van der Waals surface area contributed by atoms with Gasteiger partial charge in [-0.05, 0) is 62.1 Å². The normalized spacial score (nSPS) is 24.8. The highest BCUT2D eigenvalue weighted by Crippen LogP contribution is 2.59. The van der Waals surface area contributed by atoms with Crippen LogP contribution in [0.15, 0.2) is 115 Å². The third-order valence-electron chi connectivity index (χ3n) is 12.1. The van der Waals surface area contributed by atoms with Crippen LogP contribution in [0.25, 0.3) is 6.08 Å². The maximum absolute atomic E-state index is 15.2. The Morgan fingerprint density at radius 2 is 1.60 bits per heavy atom. The lowest BCUT2D eigenvalue weighted by Crippen LogP contribution is -2.69. The lowest BCUT2D eigenvalue weighted by Gasteiger charge is -2.48. The van der Waals surface area contributed by atoms with Crippen molar-refractivity contribution in [3.05, 3.63) is 149 Å². The average Bonchev–Trinajstić information content (AvgIpc) is 3.89. The molecule has 4 fully saturated rings. The molecule has 65 heavy (non-hydrogen) atoms. The lowest BCUT2D eigenvalue weighted by atomic mass is 9.62. The predicted octanol–water partition coefficient (Wildman–Crippen LogP) is 4.68. The van der Waals surface area contributed by atoms with Crippen LogP contribution in [0.3, 0.4) is 0 Å². The first-order chi connectivity index (χ1) is 31.3. The highest BCUT2D eigenvalue weighted by molar-refractivity contribution is 5.95. The summed E-state index contributed by atoms with van der Waals surface area (Å²) in [5, 5.41) is 26.6. The van der Waals surface area contributed by atoms with Crippen LogP contribution in [0.4, 0.5) is 0 Å². The summed E-state index contributed by atoms with van der Waals surface area (Å²) in [6.45, 7) is 4.98. The van der Waals surface area contributed by atoms with Crippen molar-refractivity contribution in [1.82, 2.24) is 15.7 Å². The minimum atomic E-state index is -1.51. The predicted molar refractivity (Wildman–Crippen MR) is 235 cm³/mol. The molecule has 7 atom stereocenters. The number of hydrogen-bond donors (Lipinski definition) is 4.